The second-order valence-corrected chi connectivity index (χ2v) is 4.32. The van der Waals surface area contributed by atoms with Crippen LogP contribution in [-0.4, -0.2) is 6.18 Å². The SMILES string of the molecule is FC(c1ccc(-c2ccsc2)cc1)C(F)(F)F. The van der Waals surface area contributed by atoms with Crippen LogP contribution in [0.15, 0.2) is 41.1 Å². The van der Waals surface area contributed by atoms with E-state index in [-0.39, 0.29) is 5.56 Å². The van der Waals surface area contributed by atoms with Gasteiger partial charge in [0.1, 0.15) is 0 Å². The van der Waals surface area contributed by atoms with Crippen molar-refractivity contribution in [1.29, 1.82) is 0 Å². The Hall–Kier alpha value is -1.36. The lowest BCUT2D eigenvalue weighted by Gasteiger charge is -2.12. The van der Waals surface area contributed by atoms with Gasteiger partial charge in [0, 0.05) is 0 Å². The van der Waals surface area contributed by atoms with E-state index in [1.54, 1.807) is 0 Å². The van der Waals surface area contributed by atoms with Crippen LogP contribution in [0.4, 0.5) is 17.6 Å². The molecule has 0 saturated heterocycles. The molecule has 2 aromatic rings. The average Bonchev–Trinajstić information content (AvgIpc) is 2.80. The number of hydrogen-bond acceptors (Lipinski definition) is 1. The van der Waals surface area contributed by atoms with E-state index in [1.165, 1.54) is 35.6 Å². The van der Waals surface area contributed by atoms with E-state index in [2.05, 4.69) is 0 Å². The lowest BCUT2D eigenvalue weighted by molar-refractivity contribution is -0.182. The fraction of sp³-hybridized carbons (Fsp3) is 0.167. The minimum Gasteiger partial charge on any atom is -0.232 e. The van der Waals surface area contributed by atoms with Gasteiger partial charge < -0.3 is 0 Å². The smallest absolute Gasteiger partial charge is 0.232 e. The highest BCUT2D eigenvalue weighted by molar-refractivity contribution is 7.08. The van der Waals surface area contributed by atoms with E-state index in [0.29, 0.717) is 0 Å². The molecule has 0 aliphatic heterocycles. The maximum Gasteiger partial charge on any atom is 0.423 e. The zero-order chi connectivity index (χ0) is 12.5. The molecule has 0 amide bonds. The van der Waals surface area contributed by atoms with Gasteiger partial charge in [-0.1, -0.05) is 24.3 Å². The first-order chi connectivity index (χ1) is 7.98. The van der Waals surface area contributed by atoms with Crippen LogP contribution in [0, 0.1) is 0 Å². The summed E-state index contributed by atoms with van der Waals surface area (Å²) in [6, 6.07) is 7.19. The number of hydrogen-bond donors (Lipinski definition) is 0. The summed E-state index contributed by atoms with van der Waals surface area (Å²) in [6.45, 7) is 0. The first-order valence-electron chi connectivity index (χ1n) is 4.82. The summed E-state index contributed by atoms with van der Waals surface area (Å²) >= 11 is 1.50. The zero-order valence-electron chi connectivity index (χ0n) is 8.54. The molecule has 1 atom stereocenters. The minimum atomic E-state index is -4.84. The molecule has 5 heteroatoms. The van der Waals surface area contributed by atoms with Gasteiger partial charge in [0.2, 0.25) is 6.17 Å². The van der Waals surface area contributed by atoms with Crippen molar-refractivity contribution in [3.8, 4) is 11.1 Å². The van der Waals surface area contributed by atoms with Crippen molar-refractivity contribution in [2.75, 3.05) is 0 Å². The minimum absolute atomic E-state index is 0.364. The molecular weight excluding hydrogens is 252 g/mol. The van der Waals surface area contributed by atoms with Crippen LogP contribution in [0.25, 0.3) is 11.1 Å². The third-order valence-electron chi connectivity index (χ3n) is 2.35. The van der Waals surface area contributed by atoms with Crippen LogP contribution in [-0.2, 0) is 0 Å². The molecule has 2 rings (SSSR count). The van der Waals surface area contributed by atoms with Crippen molar-refractivity contribution in [1.82, 2.24) is 0 Å². The number of alkyl halides is 4. The number of thiophene rings is 1. The van der Waals surface area contributed by atoms with E-state index in [4.69, 9.17) is 0 Å². The maximum absolute atomic E-state index is 13.0. The molecule has 1 unspecified atom stereocenters. The van der Waals surface area contributed by atoms with Crippen molar-refractivity contribution < 1.29 is 17.6 Å². The quantitative estimate of drug-likeness (QED) is 0.667. The van der Waals surface area contributed by atoms with Crippen LogP contribution >= 0.6 is 11.3 Å². The topological polar surface area (TPSA) is 0 Å². The highest BCUT2D eigenvalue weighted by atomic mass is 32.1. The van der Waals surface area contributed by atoms with E-state index in [0.717, 1.165) is 11.1 Å². The molecule has 0 N–H and O–H groups in total. The van der Waals surface area contributed by atoms with Gasteiger partial charge in [-0.05, 0) is 33.5 Å². The first-order valence-corrected chi connectivity index (χ1v) is 5.76. The molecule has 90 valence electrons. The van der Waals surface area contributed by atoms with Gasteiger partial charge in [-0.3, -0.25) is 0 Å². The number of benzene rings is 1. The summed E-state index contributed by atoms with van der Waals surface area (Å²) in [4.78, 5) is 0. The standard InChI is InChI=1S/C12H8F4S/c13-11(12(14,15)16)9-3-1-8(2-4-9)10-5-6-17-7-10/h1-7,11H. The van der Waals surface area contributed by atoms with Crippen LogP contribution < -0.4 is 0 Å². The zero-order valence-corrected chi connectivity index (χ0v) is 9.36. The maximum atomic E-state index is 13.0. The average molecular weight is 260 g/mol. The Balaban J connectivity index is 2.25. The van der Waals surface area contributed by atoms with Gasteiger partial charge in [-0.25, -0.2) is 4.39 Å². The number of rotatable bonds is 2. The molecule has 0 spiro atoms. The lowest BCUT2D eigenvalue weighted by Crippen LogP contribution is -2.16. The van der Waals surface area contributed by atoms with Gasteiger partial charge in [-0.2, -0.15) is 24.5 Å². The molecule has 0 saturated carbocycles. The molecule has 0 bridgehead atoms. The Morgan fingerprint density at radius 1 is 0.941 bits per heavy atom. The van der Waals surface area contributed by atoms with Crippen molar-refractivity contribution in [3.63, 3.8) is 0 Å². The number of halogens is 4. The lowest BCUT2D eigenvalue weighted by atomic mass is 10.0. The molecule has 0 fully saturated rings. The molecule has 0 aliphatic carbocycles. The predicted octanol–water partition coefficient (Wildman–Crippen LogP) is 4.99. The molecule has 1 aromatic carbocycles. The van der Waals surface area contributed by atoms with E-state index in [9.17, 15) is 17.6 Å². The Kier molecular flexibility index (Phi) is 3.19. The van der Waals surface area contributed by atoms with Crippen molar-refractivity contribution in [2.45, 2.75) is 12.3 Å². The fourth-order valence-electron chi connectivity index (χ4n) is 1.46. The first kappa shape index (κ1) is 12.1. The Bertz CT molecular complexity index is 470. The predicted molar refractivity (Wildman–Crippen MR) is 59.7 cm³/mol. The van der Waals surface area contributed by atoms with Gasteiger partial charge >= 0.3 is 6.18 Å². The van der Waals surface area contributed by atoms with Crippen LogP contribution in [0.3, 0.4) is 0 Å². The van der Waals surface area contributed by atoms with Crippen LogP contribution in [0.1, 0.15) is 11.7 Å². The molecule has 0 aliphatic rings. The van der Waals surface area contributed by atoms with Gasteiger partial charge in [-0.15, -0.1) is 0 Å². The van der Waals surface area contributed by atoms with E-state index < -0.39 is 12.3 Å². The molecular formula is C12H8F4S. The van der Waals surface area contributed by atoms with Gasteiger partial charge in [0.05, 0.1) is 0 Å². The Morgan fingerprint density at radius 3 is 2.06 bits per heavy atom. The van der Waals surface area contributed by atoms with E-state index >= 15 is 0 Å². The summed E-state index contributed by atoms with van der Waals surface area (Å²) in [6.07, 6.45) is -7.76. The molecule has 0 nitrogen and oxygen atoms in total. The van der Waals surface area contributed by atoms with Crippen molar-refractivity contribution in [3.05, 3.63) is 46.7 Å². The summed E-state index contributed by atoms with van der Waals surface area (Å²) < 4.78 is 49.4. The third kappa shape index (κ3) is 2.66. The Morgan fingerprint density at radius 2 is 1.59 bits per heavy atom. The highest BCUT2D eigenvalue weighted by Crippen LogP contribution is 2.36. The van der Waals surface area contributed by atoms with Crippen molar-refractivity contribution >= 4 is 11.3 Å². The van der Waals surface area contributed by atoms with Crippen LogP contribution in [0.5, 0.6) is 0 Å². The summed E-state index contributed by atoms with van der Waals surface area (Å²) in [5, 5.41) is 3.75. The van der Waals surface area contributed by atoms with Gasteiger partial charge in [0.15, 0.2) is 0 Å². The normalized spacial score (nSPS) is 13.6. The fourth-order valence-corrected chi connectivity index (χ4v) is 2.13. The van der Waals surface area contributed by atoms with Crippen LogP contribution in [0.2, 0.25) is 0 Å². The molecule has 1 heterocycles. The third-order valence-corrected chi connectivity index (χ3v) is 3.03. The summed E-state index contributed by atoms with van der Waals surface area (Å²) in [5.74, 6) is 0. The largest absolute Gasteiger partial charge is 0.423 e. The highest BCUT2D eigenvalue weighted by Gasteiger charge is 2.41. The van der Waals surface area contributed by atoms with Gasteiger partial charge in [0.25, 0.3) is 0 Å². The molecule has 0 radical (unpaired) electrons. The second-order valence-electron chi connectivity index (χ2n) is 3.54. The summed E-state index contributed by atoms with van der Waals surface area (Å²) in [5.41, 5.74) is 1.34. The Labute approximate surface area is 99.5 Å². The molecule has 17 heavy (non-hydrogen) atoms. The van der Waals surface area contributed by atoms with E-state index in [1.807, 2.05) is 16.8 Å². The molecule has 1 aromatic heterocycles. The van der Waals surface area contributed by atoms with Crippen molar-refractivity contribution in [2.24, 2.45) is 0 Å². The monoisotopic (exact) mass is 260 g/mol. The second kappa shape index (κ2) is 4.49. The summed E-state index contributed by atoms with van der Waals surface area (Å²) in [7, 11) is 0.